The maximum atomic E-state index is 12.1. The van der Waals surface area contributed by atoms with Crippen LogP contribution in [-0.2, 0) is 14.8 Å². The van der Waals surface area contributed by atoms with Crippen molar-refractivity contribution in [3.05, 3.63) is 29.8 Å². The molecule has 6 nitrogen and oxygen atoms in total. The normalized spacial score (nSPS) is 16.3. The lowest BCUT2D eigenvalue weighted by atomic mass is 9.78. The van der Waals surface area contributed by atoms with Crippen molar-refractivity contribution in [2.24, 2.45) is 5.73 Å². The summed E-state index contributed by atoms with van der Waals surface area (Å²) in [6.07, 6.45) is 2.70. The quantitative estimate of drug-likeness (QED) is 0.758. The van der Waals surface area contributed by atoms with Gasteiger partial charge in [0, 0.05) is 12.1 Å². The lowest BCUT2D eigenvalue weighted by Gasteiger charge is -2.37. The van der Waals surface area contributed by atoms with Crippen LogP contribution in [0.5, 0.6) is 0 Å². The van der Waals surface area contributed by atoms with Gasteiger partial charge in [-0.3, -0.25) is 0 Å². The van der Waals surface area contributed by atoms with E-state index in [-0.39, 0.29) is 30.5 Å². The molecule has 0 atom stereocenters. The summed E-state index contributed by atoms with van der Waals surface area (Å²) in [5.41, 5.74) is 5.90. The molecule has 8 heteroatoms. The Hall–Kier alpha value is -1.15. The van der Waals surface area contributed by atoms with Crippen molar-refractivity contribution < 1.29 is 17.9 Å². The van der Waals surface area contributed by atoms with Gasteiger partial charge in [0.15, 0.2) is 0 Å². The van der Waals surface area contributed by atoms with E-state index in [0.29, 0.717) is 5.56 Å². The topological polar surface area (TPSA) is 98.5 Å². The van der Waals surface area contributed by atoms with Gasteiger partial charge in [-0.2, -0.15) is 0 Å². The minimum absolute atomic E-state index is 0. The SMILES string of the molecule is CCOC(=O)c1ccc(S(=O)(=O)NCC2(N)CCC2)cc1.Cl. The monoisotopic (exact) mass is 348 g/mol. The fourth-order valence-corrected chi connectivity index (χ4v) is 3.25. The predicted octanol–water partition coefficient (Wildman–Crippen LogP) is 1.44. The van der Waals surface area contributed by atoms with Crippen molar-refractivity contribution in [2.45, 2.75) is 36.6 Å². The van der Waals surface area contributed by atoms with Crippen LogP contribution in [0.3, 0.4) is 0 Å². The number of carbonyl (C=O) groups is 1. The summed E-state index contributed by atoms with van der Waals surface area (Å²) in [5, 5.41) is 0. The summed E-state index contributed by atoms with van der Waals surface area (Å²) in [6, 6.07) is 5.65. The van der Waals surface area contributed by atoms with E-state index < -0.39 is 21.5 Å². The fourth-order valence-electron chi connectivity index (χ4n) is 2.11. The number of nitrogens with two attached hydrogens (primary N) is 1. The third-order valence-electron chi connectivity index (χ3n) is 3.64. The zero-order valence-corrected chi connectivity index (χ0v) is 14.0. The Morgan fingerprint density at radius 3 is 2.36 bits per heavy atom. The van der Waals surface area contributed by atoms with Gasteiger partial charge in [-0.15, -0.1) is 12.4 Å². The number of halogens is 1. The number of carbonyl (C=O) groups excluding carboxylic acids is 1. The maximum absolute atomic E-state index is 12.1. The lowest BCUT2D eigenvalue weighted by Crippen LogP contribution is -2.54. The van der Waals surface area contributed by atoms with E-state index in [0.717, 1.165) is 19.3 Å². The summed E-state index contributed by atoms with van der Waals surface area (Å²) in [4.78, 5) is 11.6. The molecule has 1 aliphatic rings. The summed E-state index contributed by atoms with van der Waals surface area (Å²) < 4.78 is 31.7. The smallest absolute Gasteiger partial charge is 0.338 e. The minimum Gasteiger partial charge on any atom is -0.462 e. The van der Waals surface area contributed by atoms with E-state index in [2.05, 4.69) is 4.72 Å². The Bertz CT molecular complexity index is 612. The van der Waals surface area contributed by atoms with Crippen LogP contribution in [0.25, 0.3) is 0 Å². The van der Waals surface area contributed by atoms with Crippen LogP contribution in [0.15, 0.2) is 29.2 Å². The van der Waals surface area contributed by atoms with Crippen molar-refractivity contribution in [3.8, 4) is 0 Å². The average Bonchev–Trinajstić information content (AvgIpc) is 2.43. The van der Waals surface area contributed by atoms with Crippen LogP contribution in [-0.4, -0.2) is 33.1 Å². The van der Waals surface area contributed by atoms with Crippen molar-refractivity contribution in [3.63, 3.8) is 0 Å². The zero-order chi connectivity index (χ0) is 15.5. The molecule has 1 aromatic carbocycles. The molecule has 0 bridgehead atoms. The van der Waals surface area contributed by atoms with Crippen LogP contribution >= 0.6 is 12.4 Å². The van der Waals surface area contributed by atoms with Gasteiger partial charge in [0.05, 0.1) is 17.1 Å². The molecule has 0 amide bonds. The highest BCUT2D eigenvalue weighted by molar-refractivity contribution is 7.89. The third kappa shape index (κ3) is 4.42. The van der Waals surface area contributed by atoms with Gasteiger partial charge in [-0.25, -0.2) is 17.9 Å². The number of hydrogen-bond acceptors (Lipinski definition) is 5. The second-order valence-electron chi connectivity index (χ2n) is 5.29. The van der Waals surface area contributed by atoms with Crippen LogP contribution in [0.2, 0.25) is 0 Å². The van der Waals surface area contributed by atoms with Crippen molar-refractivity contribution in [1.82, 2.24) is 4.72 Å². The van der Waals surface area contributed by atoms with Gasteiger partial charge in [-0.1, -0.05) is 0 Å². The molecule has 1 aromatic rings. The van der Waals surface area contributed by atoms with E-state index in [1.165, 1.54) is 24.3 Å². The first-order valence-corrected chi connectivity index (χ1v) is 8.40. The highest BCUT2D eigenvalue weighted by Gasteiger charge is 2.33. The Labute approximate surface area is 136 Å². The molecule has 0 unspecified atom stereocenters. The fraction of sp³-hybridized carbons (Fsp3) is 0.500. The molecule has 0 heterocycles. The molecular weight excluding hydrogens is 328 g/mol. The lowest BCUT2D eigenvalue weighted by molar-refractivity contribution is 0.0526. The molecule has 2 rings (SSSR count). The first kappa shape index (κ1) is 18.9. The van der Waals surface area contributed by atoms with Crippen LogP contribution in [0.4, 0.5) is 0 Å². The van der Waals surface area contributed by atoms with E-state index in [9.17, 15) is 13.2 Å². The van der Waals surface area contributed by atoms with E-state index in [1.807, 2.05) is 0 Å². The molecule has 3 N–H and O–H groups in total. The number of hydrogen-bond donors (Lipinski definition) is 2. The third-order valence-corrected chi connectivity index (χ3v) is 5.06. The second kappa shape index (κ2) is 7.41. The molecule has 22 heavy (non-hydrogen) atoms. The number of rotatable bonds is 6. The summed E-state index contributed by atoms with van der Waals surface area (Å²) in [5.74, 6) is -0.468. The highest BCUT2D eigenvalue weighted by atomic mass is 35.5. The van der Waals surface area contributed by atoms with E-state index >= 15 is 0 Å². The number of sulfonamides is 1. The van der Waals surface area contributed by atoms with E-state index in [1.54, 1.807) is 6.92 Å². The molecule has 1 saturated carbocycles. The van der Waals surface area contributed by atoms with Crippen LogP contribution in [0.1, 0.15) is 36.5 Å². The Morgan fingerprint density at radius 1 is 1.32 bits per heavy atom. The number of nitrogens with one attached hydrogen (secondary N) is 1. The van der Waals surface area contributed by atoms with Crippen molar-refractivity contribution in [2.75, 3.05) is 13.2 Å². The average molecular weight is 349 g/mol. The standard InChI is InChI=1S/C14H20N2O4S.ClH/c1-2-20-13(17)11-4-6-12(7-5-11)21(18,19)16-10-14(15)8-3-9-14;/h4-7,16H,2-3,8-10,15H2,1H3;1H. The van der Waals surface area contributed by atoms with Crippen molar-refractivity contribution in [1.29, 1.82) is 0 Å². The Morgan fingerprint density at radius 2 is 1.91 bits per heavy atom. The molecule has 0 aromatic heterocycles. The van der Waals surface area contributed by atoms with Gasteiger partial charge in [0.2, 0.25) is 10.0 Å². The van der Waals surface area contributed by atoms with Gasteiger partial charge in [0.25, 0.3) is 0 Å². The highest BCUT2D eigenvalue weighted by Crippen LogP contribution is 2.28. The molecule has 0 radical (unpaired) electrons. The summed E-state index contributed by atoms with van der Waals surface area (Å²) in [6.45, 7) is 2.22. The maximum Gasteiger partial charge on any atom is 0.338 e. The largest absolute Gasteiger partial charge is 0.462 e. The number of benzene rings is 1. The summed E-state index contributed by atoms with van der Waals surface area (Å²) in [7, 11) is -3.61. The zero-order valence-electron chi connectivity index (χ0n) is 12.4. The first-order valence-electron chi connectivity index (χ1n) is 6.92. The Balaban J connectivity index is 0.00000242. The van der Waals surface area contributed by atoms with Gasteiger partial charge in [0.1, 0.15) is 0 Å². The van der Waals surface area contributed by atoms with Gasteiger partial charge in [-0.05, 0) is 50.5 Å². The van der Waals surface area contributed by atoms with Crippen LogP contribution < -0.4 is 10.5 Å². The van der Waals surface area contributed by atoms with Crippen molar-refractivity contribution >= 4 is 28.4 Å². The number of esters is 1. The van der Waals surface area contributed by atoms with Crippen LogP contribution in [0, 0.1) is 0 Å². The predicted molar refractivity (Wildman–Crippen MR) is 85.6 cm³/mol. The number of ether oxygens (including phenoxy) is 1. The summed E-state index contributed by atoms with van der Waals surface area (Å²) >= 11 is 0. The van der Waals surface area contributed by atoms with Gasteiger partial charge < -0.3 is 10.5 Å². The molecule has 1 aliphatic carbocycles. The molecular formula is C14H21ClN2O4S. The molecule has 0 saturated heterocycles. The molecule has 124 valence electrons. The Kier molecular flexibility index (Phi) is 6.37. The second-order valence-corrected chi connectivity index (χ2v) is 7.05. The first-order chi connectivity index (χ1) is 9.86. The molecule has 1 fully saturated rings. The molecule has 0 spiro atoms. The van der Waals surface area contributed by atoms with Gasteiger partial charge >= 0.3 is 5.97 Å². The molecule has 0 aliphatic heterocycles. The van der Waals surface area contributed by atoms with E-state index in [4.69, 9.17) is 10.5 Å². The minimum atomic E-state index is -3.61.